The molecule has 0 aliphatic carbocycles. The largest absolute Gasteiger partial charge is 0.371 e. The van der Waals surface area contributed by atoms with E-state index in [1.165, 1.54) is 12.1 Å². The molecule has 0 fully saturated rings. The molecule has 5 nitrogen and oxygen atoms in total. The summed E-state index contributed by atoms with van der Waals surface area (Å²) in [5.74, 6) is -0.295. The predicted molar refractivity (Wildman–Crippen MR) is 142 cm³/mol. The minimum absolute atomic E-state index is 0.136. The molecule has 0 saturated heterocycles. The van der Waals surface area contributed by atoms with E-state index >= 15 is 0 Å². The highest BCUT2D eigenvalue weighted by molar-refractivity contribution is 5.99. The maximum Gasteiger partial charge on any atom is 0.125 e. The molecule has 5 rings (SSSR count). The lowest BCUT2D eigenvalue weighted by atomic mass is 9.91. The number of benzene rings is 1. The molecule has 0 amide bonds. The molecular weight excluding hydrogens is 437 g/mol. The molecule has 35 heavy (non-hydrogen) atoms. The van der Waals surface area contributed by atoms with E-state index in [1.54, 1.807) is 6.20 Å². The van der Waals surface area contributed by atoms with Crippen molar-refractivity contribution in [3.63, 3.8) is 0 Å². The van der Waals surface area contributed by atoms with Gasteiger partial charge in [0.15, 0.2) is 0 Å². The fraction of sp³-hybridized carbons (Fsp3) is 0.345. The molecule has 1 aliphatic heterocycles. The summed E-state index contributed by atoms with van der Waals surface area (Å²) in [4.78, 5) is 19.1. The molecule has 4 aromatic rings. The van der Waals surface area contributed by atoms with E-state index < -0.39 is 0 Å². The van der Waals surface area contributed by atoms with E-state index in [0.29, 0.717) is 5.52 Å². The first-order valence-corrected chi connectivity index (χ1v) is 12.4. The number of halogens is 1. The van der Waals surface area contributed by atoms with E-state index in [4.69, 9.17) is 9.97 Å². The minimum atomic E-state index is -0.295. The van der Waals surface area contributed by atoms with E-state index in [0.717, 1.165) is 71.1 Å². The van der Waals surface area contributed by atoms with Crippen LogP contribution in [0, 0.1) is 12.7 Å². The molecular formula is C29H32FN5. The fourth-order valence-corrected chi connectivity index (χ4v) is 5.25. The van der Waals surface area contributed by atoms with Gasteiger partial charge in [0.2, 0.25) is 0 Å². The van der Waals surface area contributed by atoms with Crippen molar-refractivity contribution in [3.8, 4) is 11.4 Å². The van der Waals surface area contributed by atoms with E-state index in [-0.39, 0.29) is 11.2 Å². The van der Waals surface area contributed by atoms with Crippen LogP contribution in [-0.2, 0) is 5.41 Å². The van der Waals surface area contributed by atoms with Gasteiger partial charge in [-0.1, -0.05) is 26.8 Å². The Morgan fingerprint density at radius 1 is 1.09 bits per heavy atom. The highest BCUT2D eigenvalue weighted by Gasteiger charge is 2.39. The van der Waals surface area contributed by atoms with Crippen molar-refractivity contribution in [2.24, 2.45) is 0 Å². The molecule has 0 atom stereocenters. The first-order valence-electron chi connectivity index (χ1n) is 12.4. The Kier molecular flexibility index (Phi) is 5.91. The molecule has 1 aromatic carbocycles. The first-order chi connectivity index (χ1) is 16.8. The van der Waals surface area contributed by atoms with Gasteiger partial charge < -0.3 is 9.80 Å². The standard InChI is InChI=1S/C29H32FN5/c1-6-14-34(7-2)21-16-25-28(32-17-21)29(4,5)18-35(25)27-19(3)26(23-10-8-9-13-31-23)33-24-15-20(30)11-12-22(24)27/h8-13,15-17H,6-7,14,18H2,1-5H3. The van der Waals surface area contributed by atoms with Crippen LogP contribution in [0.15, 0.2) is 54.9 Å². The Hall–Kier alpha value is -3.54. The summed E-state index contributed by atoms with van der Waals surface area (Å²) in [5.41, 5.74) is 7.43. The average Bonchev–Trinajstić information content (AvgIpc) is 3.12. The second kappa shape index (κ2) is 8.91. The monoisotopic (exact) mass is 469 g/mol. The second-order valence-electron chi connectivity index (χ2n) is 9.92. The highest BCUT2D eigenvalue weighted by atomic mass is 19.1. The third-order valence-electron chi connectivity index (χ3n) is 6.91. The van der Waals surface area contributed by atoms with Crippen LogP contribution >= 0.6 is 0 Å². The van der Waals surface area contributed by atoms with Crippen molar-refractivity contribution in [1.82, 2.24) is 15.0 Å². The molecule has 0 radical (unpaired) electrons. The lowest BCUT2D eigenvalue weighted by Crippen LogP contribution is -2.26. The Bertz CT molecular complexity index is 1380. The molecule has 0 spiro atoms. The molecule has 3 aromatic heterocycles. The number of anilines is 3. The van der Waals surface area contributed by atoms with E-state index in [1.807, 2.05) is 30.5 Å². The van der Waals surface area contributed by atoms with Crippen LogP contribution in [0.2, 0.25) is 0 Å². The van der Waals surface area contributed by atoms with Crippen molar-refractivity contribution >= 4 is 28.0 Å². The van der Waals surface area contributed by atoms with Gasteiger partial charge in [0, 0.05) is 48.3 Å². The molecule has 6 heteroatoms. The molecule has 4 heterocycles. The fourth-order valence-electron chi connectivity index (χ4n) is 5.25. The number of hydrogen-bond acceptors (Lipinski definition) is 5. The molecule has 0 unspecified atom stereocenters. The van der Waals surface area contributed by atoms with Crippen LogP contribution in [0.4, 0.5) is 21.5 Å². The zero-order chi connectivity index (χ0) is 24.7. The number of nitrogens with zero attached hydrogens (tertiary/aromatic N) is 5. The zero-order valence-electron chi connectivity index (χ0n) is 21.1. The van der Waals surface area contributed by atoms with Crippen LogP contribution in [0.5, 0.6) is 0 Å². The second-order valence-corrected chi connectivity index (χ2v) is 9.92. The lowest BCUT2D eigenvalue weighted by Gasteiger charge is -2.27. The van der Waals surface area contributed by atoms with Gasteiger partial charge in [0.1, 0.15) is 5.82 Å². The predicted octanol–water partition coefficient (Wildman–Crippen LogP) is 6.80. The van der Waals surface area contributed by atoms with Crippen LogP contribution in [0.25, 0.3) is 22.3 Å². The summed E-state index contributed by atoms with van der Waals surface area (Å²) in [6.45, 7) is 13.6. The number of rotatable bonds is 6. The number of hydrogen-bond donors (Lipinski definition) is 0. The minimum Gasteiger partial charge on any atom is -0.371 e. The van der Waals surface area contributed by atoms with Crippen LogP contribution in [0.3, 0.4) is 0 Å². The summed E-state index contributed by atoms with van der Waals surface area (Å²) >= 11 is 0. The van der Waals surface area contributed by atoms with Crippen molar-refractivity contribution in [1.29, 1.82) is 0 Å². The maximum absolute atomic E-state index is 14.3. The molecule has 180 valence electrons. The third kappa shape index (κ3) is 4.01. The summed E-state index contributed by atoms with van der Waals surface area (Å²) < 4.78 is 14.3. The Labute approximate surface area is 206 Å². The number of aromatic nitrogens is 3. The molecule has 1 aliphatic rings. The SMILES string of the molecule is CCCN(CC)c1cnc2c(c1)N(c1c(C)c(-c3ccccn3)nc3cc(F)ccc13)CC2(C)C. The molecule has 0 N–H and O–H groups in total. The van der Waals surface area contributed by atoms with Crippen LogP contribution in [0.1, 0.15) is 45.4 Å². The normalized spacial score (nSPS) is 14.4. The third-order valence-corrected chi connectivity index (χ3v) is 6.91. The van der Waals surface area contributed by atoms with Gasteiger partial charge in [-0.3, -0.25) is 9.97 Å². The van der Waals surface area contributed by atoms with E-state index in [9.17, 15) is 4.39 Å². The van der Waals surface area contributed by atoms with Crippen molar-refractivity contribution in [3.05, 3.63) is 71.9 Å². The van der Waals surface area contributed by atoms with Crippen LogP contribution < -0.4 is 9.80 Å². The molecule has 0 saturated carbocycles. The Balaban J connectivity index is 1.76. The zero-order valence-corrected chi connectivity index (χ0v) is 21.1. The van der Waals surface area contributed by atoms with Gasteiger partial charge >= 0.3 is 0 Å². The van der Waals surface area contributed by atoms with Crippen molar-refractivity contribution in [2.75, 3.05) is 29.4 Å². The van der Waals surface area contributed by atoms with Gasteiger partial charge in [-0.05, 0) is 50.6 Å². The van der Waals surface area contributed by atoms with Crippen LogP contribution in [-0.4, -0.2) is 34.6 Å². The Morgan fingerprint density at radius 3 is 2.63 bits per heavy atom. The number of pyridine rings is 3. The van der Waals surface area contributed by atoms with Gasteiger partial charge in [-0.2, -0.15) is 0 Å². The van der Waals surface area contributed by atoms with Gasteiger partial charge in [-0.25, -0.2) is 9.37 Å². The molecule has 0 bridgehead atoms. The van der Waals surface area contributed by atoms with Crippen molar-refractivity contribution in [2.45, 2.75) is 46.5 Å². The van der Waals surface area contributed by atoms with E-state index in [2.05, 4.69) is 55.5 Å². The van der Waals surface area contributed by atoms with Gasteiger partial charge in [-0.15, -0.1) is 0 Å². The van der Waals surface area contributed by atoms with Gasteiger partial charge in [0.05, 0.1) is 45.9 Å². The highest BCUT2D eigenvalue weighted by Crippen LogP contribution is 2.48. The quantitative estimate of drug-likeness (QED) is 0.311. The lowest BCUT2D eigenvalue weighted by molar-refractivity contribution is 0.554. The summed E-state index contributed by atoms with van der Waals surface area (Å²) in [5, 5.41) is 0.929. The summed E-state index contributed by atoms with van der Waals surface area (Å²) in [6, 6.07) is 13.0. The first kappa shape index (κ1) is 23.2. The maximum atomic E-state index is 14.3. The Morgan fingerprint density at radius 2 is 1.91 bits per heavy atom. The summed E-state index contributed by atoms with van der Waals surface area (Å²) in [7, 11) is 0. The average molecular weight is 470 g/mol. The summed E-state index contributed by atoms with van der Waals surface area (Å²) in [6.07, 6.45) is 4.85. The topological polar surface area (TPSA) is 45.2 Å². The smallest absolute Gasteiger partial charge is 0.125 e. The van der Waals surface area contributed by atoms with Crippen molar-refractivity contribution < 1.29 is 4.39 Å². The number of fused-ring (bicyclic) bond motifs is 2. The van der Waals surface area contributed by atoms with Gasteiger partial charge in [0.25, 0.3) is 0 Å².